The van der Waals surface area contributed by atoms with Crippen molar-refractivity contribution in [1.29, 1.82) is 0 Å². The Morgan fingerprint density at radius 2 is 2.19 bits per heavy atom. The Balaban J connectivity index is 2.47. The van der Waals surface area contributed by atoms with E-state index in [9.17, 15) is 9.59 Å². The molecule has 1 amide bonds. The van der Waals surface area contributed by atoms with Gasteiger partial charge >= 0.3 is 5.97 Å². The van der Waals surface area contributed by atoms with E-state index in [0.717, 1.165) is 22.3 Å². The minimum absolute atomic E-state index is 0.348. The van der Waals surface area contributed by atoms with Gasteiger partial charge in [0.25, 0.3) is 5.91 Å². The lowest BCUT2D eigenvalue weighted by Crippen LogP contribution is -2.44. The molecule has 0 bridgehead atoms. The van der Waals surface area contributed by atoms with E-state index in [2.05, 4.69) is 0 Å². The number of nitrogens with zero attached hydrogens (tertiary/aromatic N) is 1. The number of aliphatic carboxylic acids is 1. The minimum atomic E-state index is -1.08. The molecule has 0 aromatic heterocycles. The smallest absolute Gasteiger partial charge is 0.326 e. The van der Waals surface area contributed by atoms with Gasteiger partial charge in [0.05, 0.1) is 5.69 Å². The van der Waals surface area contributed by atoms with E-state index in [1.54, 1.807) is 0 Å². The first-order valence-corrected chi connectivity index (χ1v) is 5.83. The molecule has 1 atom stereocenters. The van der Waals surface area contributed by atoms with Crippen molar-refractivity contribution in [3.05, 3.63) is 24.3 Å². The molecular weight excluding hydrogens is 226 g/mol. The van der Waals surface area contributed by atoms with E-state index < -0.39 is 11.2 Å². The van der Waals surface area contributed by atoms with Gasteiger partial charge in [-0.15, -0.1) is 0 Å². The fourth-order valence-electron chi connectivity index (χ4n) is 1.70. The maximum Gasteiger partial charge on any atom is 0.326 e. The first-order chi connectivity index (χ1) is 7.65. The number of carbonyl (C=O) groups excluding carboxylic acids is 1. The monoisotopic (exact) mass is 237 g/mol. The normalized spacial score (nSPS) is 19.4. The van der Waals surface area contributed by atoms with Crippen LogP contribution in [0.25, 0.3) is 0 Å². The van der Waals surface area contributed by atoms with Crippen molar-refractivity contribution in [2.75, 3.05) is 11.4 Å². The molecule has 84 valence electrons. The molecule has 0 aliphatic carbocycles. The van der Waals surface area contributed by atoms with Crippen LogP contribution in [-0.2, 0) is 9.59 Å². The summed E-state index contributed by atoms with van der Waals surface area (Å²) in [6.07, 6.45) is 0. The molecule has 4 nitrogen and oxygen atoms in total. The van der Waals surface area contributed by atoms with Crippen molar-refractivity contribution in [2.24, 2.45) is 0 Å². The Labute approximate surface area is 97.3 Å². The van der Waals surface area contributed by atoms with Gasteiger partial charge in [-0.1, -0.05) is 23.9 Å². The average Bonchev–Trinajstić information content (AvgIpc) is 2.28. The molecule has 1 heterocycles. The first-order valence-electron chi connectivity index (χ1n) is 4.95. The fraction of sp³-hybridized carbons (Fsp3) is 0.273. The lowest BCUT2D eigenvalue weighted by molar-refractivity contribution is -0.139. The van der Waals surface area contributed by atoms with Gasteiger partial charge in [0, 0.05) is 11.4 Å². The van der Waals surface area contributed by atoms with Gasteiger partial charge in [0.1, 0.15) is 0 Å². The summed E-state index contributed by atoms with van der Waals surface area (Å²) in [4.78, 5) is 25.2. The van der Waals surface area contributed by atoms with Gasteiger partial charge in [-0.25, -0.2) is 0 Å². The van der Waals surface area contributed by atoms with Gasteiger partial charge in [0.2, 0.25) is 0 Å². The summed E-state index contributed by atoms with van der Waals surface area (Å²) >= 11 is 1.10. The minimum Gasteiger partial charge on any atom is -0.480 e. The van der Waals surface area contributed by atoms with Crippen LogP contribution in [-0.4, -0.2) is 28.8 Å². The van der Waals surface area contributed by atoms with Crippen molar-refractivity contribution >= 4 is 29.3 Å². The Bertz CT molecular complexity index is 447. The number of carboxylic acid groups (broad SMARTS) is 1. The Morgan fingerprint density at radius 3 is 2.81 bits per heavy atom. The molecular formula is C11H11NO3S. The molecule has 0 spiro atoms. The predicted octanol–water partition coefficient (Wildman–Crippen LogP) is 1.60. The molecule has 0 radical (unpaired) electrons. The zero-order chi connectivity index (χ0) is 11.7. The third-order valence-electron chi connectivity index (χ3n) is 2.43. The number of carboxylic acids is 1. The molecule has 1 aliphatic heterocycles. The SMILES string of the molecule is CCN1C(=O)C(C(=O)O)Sc2ccccc21. The molecule has 0 fully saturated rings. The van der Waals surface area contributed by atoms with Crippen molar-refractivity contribution in [3.8, 4) is 0 Å². The summed E-state index contributed by atoms with van der Waals surface area (Å²) in [5, 5.41) is 7.96. The number of benzene rings is 1. The molecule has 1 unspecified atom stereocenters. The molecule has 0 saturated heterocycles. The Morgan fingerprint density at radius 1 is 1.50 bits per heavy atom. The van der Waals surface area contributed by atoms with Crippen LogP contribution in [0.3, 0.4) is 0 Å². The molecule has 1 N–H and O–H groups in total. The van der Waals surface area contributed by atoms with E-state index in [4.69, 9.17) is 5.11 Å². The van der Waals surface area contributed by atoms with E-state index in [-0.39, 0.29) is 5.91 Å². The van der Waals surface area contributed by atoms with Crippen molar-refractivity contribution < 1.29 is 14.7 Å². The first kappa shape index (κ1) is 11.0. The lowest BCUT2D eigenvalue weighted by atomic mass is 10.2. The van der Waals surface area contributed by atoms with Gasteiger partial charge in [0.15, 0.2) is 5.25 Å². The summed E-state index contributed by atoms with van der Waals surface area (Å²) in [5.74, 6) is -1.43. The van der Waals surface area contributed by atoms with Gasteiger partial charge in [-0.05, 0) is 19.1 Å². The van der Waals surface area contributed by atoms with Crippen LogP contribution < -0.4 is 4.90 Å². The second-order valence-corrected chi connectivity index (χ2v) is 4.53. The summed E-state index contributed by atoms with van der Waals surface area (Å²) in [6, 6.07) is 7.36. The highest BCUT2D eigenvalue weighted by Crippen LogP contribution is 2.38. The average molecular weight is 237 g/mol. The number of para-hydroxylation sites is 1. The molecule has 1 aliphatic rings. The standard InChI is InChI=1S/C11H11NO3S/c1-2-12-7-5-3-4-6-8(7)16-9(10(12)13)11(14)15/h3-6,9H,2H2,1H3,(H,14,15). The molecule has 1 aromatic carbocycles. The number of thioether (sulfide) groups is 1. The number of fused-ring (bicyclic) bond motifs is 1. The fourth-order valence-corrected chi connectivity index (χ4v) is 2.74. The maximum atomic E-state index is 11.9. The van der Waals surface area contributed by atoms with E-state index in [0.29, 0.717) is 6.54 Å². The van der Waals surface area contributed by atoms with Crippen LogP contribution in [0.4, 0.5) is 5.69 Å². The van der Waals surface area contributed by atoms with Crippen LogP contribution in [0.5, 0.6) is 0 Å². The third-order valence-corrected chi connectivity index (χ3v) is 3.67. The van der Waals surface area contributed by atoms with Crippen molar-refractivity contribution in [3.63, 3.8) is 0 Å². The van der Waals surface area contributed by atoms with Crippen molar-refractivity contribution in [1.82, 2.24) is 0 Å². The Kier molecular flexibility index (Phi) is 2.87. The highest BCUT2D eigenvalue weighted by Gasteiger charge is 2.37. The second-order valence-electron chi connectivity index (χ2n) is 3.39. The number of hydrogen-bond acceptors (Lipinski definition) is 3. The van der Waals surface area contributed by atoms with E-state index in [1.165, 1.54) is 4.90 Å². The zero-order valence-electron chi connectivity index (χ0n) is 8.71. The lowest BCUT2D eigenvalue weighted by Gasteiger charge is -2.31. The van der Waals surface area contributed by atoms with Gasteiger partial charge in [-0.3, -0.25) is 9.59 Å². The number of amides is 1. The molecule has 0 saturated carbocycles. The summed E-state index contributed by atoms with van der Waals surface area (Å²) in [7, 11) is 0. The third kappa shape index (κ3) is 1.67. The van der Waals surface area contributed by atoms with Crippen LogP contribution >= 0.6 is 11.8 Å². The number of anilines is 1. The maximum absolute atomic E-state index is 11.9. The summed E-state index contributed by atoms with van der Waals surface area (Å²) in [5.41, 5.74) is 0.803. The summed E-state index contributed by atoms with van der Waals surface area (Å²) in [6.45, 7) is 2.32. The molecule has 1 aromatic rings. The largest absolute Gasteiger partial charge is 0.480 e. The summed E-state index contributed by atoms with van der Waals surface area (Å²) < 4.78 is 0. The number of hydrogen-bond donors (Lipinski definition) is 1. The number of rotatable bonds is 2. The molecule has 2 rings (SSSR count). The quantitative estimate of drug-likeness (QED) is 0.794. The van der Waals surface area contributed by atoms with Gasteiger partial charge < -0.3 is 10.0 Å². The highest BCUT2D eigenvalue weighted by atomic mass is 32.2. The van der Waals surface area contributed by atoms with Crippen LogP contribution in [0.1, 0.15) is 6.92 Å². The molecule has 5 heteroatoms. The van der Waals surface area contributed by atoms with Gasteiger partial charge in [-0.2, -0.15) is 0 Å². The van der Waals surface area contributed by atoms with Crippen molar-refractivity contribution in [2.45, 2.75) is 17.1 Å². The Hall–Kier alpha value is -1.49. The highest BCUT2D eigenvalue weighted by molar-refractivity contribution is 8.01. The van der Waals surface area contributed by atoms with E-state index >= 15 is 0 Å². The molecule has 16 heavy (non-hydrogen) atoms. The zero-order valence-corrected chi connectivity index (χ0v) is 9.53. The topological polar surface area (TPSA) is 57.6 Å². The van der Waals surface area contributed by atoms with Crippen LogP contribution in [0.2, 0.25) is 0 Å². The van der Waals surface area contributed by atoms with E-state index in [1.807, 2.05) is 31.2 Å². The number of carbonyl (C=O) groups is 2. The van der Waals surface area contributed by atoms with Crippen LogP contribution in [0, 0.1) is 0 Å². The van der Waals surface area contributed by atoms with Crippen LogP contribution in [0.15, 0.2) is 29.2 Å². The second kappa shape index (κ2) is 4.17. The predicted molar refractivity (Wildman–Crippen MR) is 61.7 cm³/mol.